The quantitative estimate of drug-likeness (QED) is 0.543. The highest BCUT2D eigenvalue weighted by atomic mass is 79.9. The van der Waals surface area contributed by atoms with E-state index in [-0.39, 0.29) is 12.5 Å². The molecule has 0 saturated carbocycles. The van der Waals surface area contributed by atoms with Crippen molar-refractivity contribution in [1.29, 1.82) is 0 Å². The second kappa shape index (κ2) is 8.43. The second-order valence-electron chi connectivity index (χ2n) is 6.95. The third-order valence-electron chi connectivity index (χ3n) is 4.66. The van der Waals surface area contributed by atoms with Crippen LogP contribution in [0.3, 0.4) is 0 Å². The molecule has 1 aromatic heterocycles. The summed E-state index contributed by atoms with van der Waals surface area (Å²) in [6.45, 7) is 3.35. The Balaban J connectivity index is 1.81. The number of aliphatic hydroxyl groups excluding tert-OH is 2. The molecular weight excluding hydrogens is 477 g/mol. The van der Waals surface area contributed by atoms with Crippen LogP contribution in [0.4, 0.5) is 0 Å². The van der Waals surface area contributed by atoms with Crippen molar-refractivity contribution in [2.75, 3.05) is 6.61 Å². The van der Waals surface area contributed by atoms with Crippen molar-refractivity contribution in [2.24, 2.45) is 11.7 Å². The van der Waals surface area contributed by atoms with Crippen molar-refractivity contribution in [3.05, 3.63) is 26.9 Å². The van der Waals surface area contributed by atoms with Gasteiger partial charge in [-0.05, 0) is 34.0 Å². The number of carbonyl (C=O) groups is 1. The van der Waals surface area contributed by atoms with Crippen LogP contribution in [0.2, 0.25) is 10.0 Å². The molecule has 0 bridgehead atoms. The normalized spacial score (nSPS) is 26.2. The maximum atomic E-state index is 11.9. The Morgan fingerprint density at radius 2 is 2.00 bits per heavy atom. The molecule has 154 valence electrons. The smallest absolute Gasteiger partial charge is 0.323 e. The van der Waals surface area contributed by atoms with Gasteiger partial charge in [0.05, 0.1) is 21.1 Å². The molecule has 28 heavy (non-hydrogen) atoms. The maximum Gasteiger partial charge on any atom is 0.323 e. The van der Waals surface area contributed by atoms with Gasteiger partial charge in [0.2, 0.25) is 0 Å². The van der Waals surface area contributed by atoms with Gasteiger partial charge in [0, 0.05) is 0 Å². The second-order valence-corrected chi connectivity index (χ2v) is 8.48. The number of aromatic nitrogens is 2. The Kier molecular flexibility index (Phi) is 6.55. The van der Waals surface area contributed by atoms with Gasteiger partial charge in [-0.25, -0.2) is 4.98 Å². The molecular formula is C17H20BrCl2N3O5. The molecule has 2 heterocycles. The molecule has 0 radical (unpaired) electrons. The van der Waals surface area contributed by atoms with Gasteiger partial charge in [0.1, 0.15) is 31.0 Å². The third-order valence-corrected chi connectivity index (χ3v) is 5.94. The number of nitrogens with two attached hydrogens (primary N) is 1. The standard InChI is InChI=1S/C17H20BrCl2N3O5/c1-6(2)12(21)16(26)27-5-11-13(24)14(25)15(28-11)23-10-4-8(20)7(19)3-9(10)22-17(23)18/h3-4,6,11-15,24-25H,5,21H2,1-2H3/t11?,12-,13?,14?,15?/m0/s1. The van der Waals surface area contributed by atoms with Gasteiger partial charge in [-0.2, -0.15) is 0 Å². The fourth-order valence-corrected chi connectivity index (χ4v) is 3.82. The van der Waals surface area contributed by atoms with Crippen molar-refractivity contribution >= 4 is 56.1 Å². The zero-order chi connectivity index (χ0) is 20.7. The van der Waals surface area contributed by atoms with Gasteiger partial charge in [0.25, 0.3) is 0 Å². The summed E-state index contributed by atoms with van der Waals surface area (Å²) in [5.41, 5.74) is 6.84. The van der Waals surface area contributed by atoms with Crippen LogP contribution < -0.4 is 5.73 Å². The Bertz CT molecular complexity index is 893. The number of esters is 1. The number of benzene rings is 1. The monoisotopic (exact) mass is 495 g/mol. The van der Waals surface area contributed by atoms with E-state index in [1.165, 1.54) is 0 Å². The molecule has 1 saturated heterocycles. The van der Waals surface area contributed by atoms with E-state index in [0.717, 1.165) is 0 Å². The lowest BCUT2D eigenvalue weighted by molar-refractivity contribution is -0.152. The molecule has 0 amide bonds. The molecule has 4 N–H and O–H groups in total. The Morgan fingerprint density at radius 1 is 1.36 bits per heavy atom. The molecule has 3 rings (SSSR count). The zero-order valence-corrected chi connectivity index (χ0v) is 18.1. The first-order valence-electron chi connectivity index (χ1n) is 8.58. The van der Waals surface area contributed by atoms with Crippen LogP contribution in [0.5, 0.6) is 0 Å². The van der Waals surface area contributed by atoms with Gasteiger partial charge in [-0.15, -0.1) is 0 Å². The summed E-state index contributed by atoms with van der Waals surface area (Å²) in [5, 5.41) is 21.5. The first-order chi connectivity index (χ1) is 13.1. The van der Waals surface area contributed by atoms with E-state index in [1.807, 2.05) is 0 Å². The summed E-state index contributed by atoms with van der Waals surface area (Å²) in [4.78, 5) is 16.3. The third kappa shape index (κ3) is 4.02. The molecule has 2 aromatic rings. The lowest BCUT2D eigenvalue weighted by Gasteiger charge is -2.19. The predicted octanol–water partition coefficient (Wildman–Crippen LogP) is 2.25. The summed E-state index contributed by atoms with van der Waals surface area (Å²) >= 11 is 15.4. The molecule has 1 fully saturated rings. The lowest BCUT2D eigenvalue weighted by atomic mass is 10.1. The van der Waals surface area contributed by atoms with Gasteiger partial charge < -0.3 is 25.4 Å². The van der Waals surface area contributed by atoms with Crippen molar-refractivity contribution in [1.82, 2.24) is 9.55 Å². The van der Waals surface area contributed by atoms with E-state index in [1.54, 1.807) is 30.5 Å². The highest BCUT2D eigenvalue weighted by Crippen LogP contribution is 2.37. The summed E-state index contributed by atoms with van der Waals surface area (Å²) in [6, 6.07) is 2.40. The molecule has 4 unspecified atom stereocenters. The molecule has 1 aliphatic heterocycles. The number of hydrogen-bond donors (Lipinski definition) is 3. The van der Waals surface area contributed by atoms with Crippen LogP contribution in [0.15, 0.2) is 16.9 Å². The van der Waals surface area contributed by atoms with Gasteiger partial charge >= 0.3 is 5.97 Å². The number of ether oxygens (including phenoxy) is 2. The molecule has 0 aliphatic carbocycles. The summed E-state index contributed by atoms with van der Waals surface area (Å²) in [7, 11) is 0. The molecule has 5 atom stereocenters. The van der Waals surface area contributed by atoms with E-state index in [9.17, 15) is 15.0 Å². The van der Waals surface area contributed by atoms with Crippen LogP contribution in [-0.4, -0.2) is 56.7 Å². The van der Waals surface area contributed by atoms with Crippen LogP contribution in [0.25, 0.3) is 11.0 Å². The van der Waals surface area contributed by atoms with Crippen molar-refractivity contribution in [2.45, 2.75) is 44.4 Å². The van der Waals surface area contributed by atoms with Gasteiger partial charge in [-0.1, -0.05) is 37.0 Å². The van der Waals surface area contributed by atoms with Crippen LogP contribution in [0, 0.1) is 5.92 Å². The number of nitrogens with zero attached hydrogens (tertiary/aromatic N) is 2. The molecule has 8 nitrogen and oxygen atoms in total. The zero-order valence-electron chi connectivity index (χ0n) is 15.1. The number of aliphatic hydroxyl groups is 2. The topological polar surface area (TPSA) is 120 Å². The summed E-state index contributed by atoms with van der Waals surface area (Å²) in [6.07, 6.45) is -4.48. The summed E-state index contributed by atoms with van der Waals surface area (Å²) < 4.78 is 12.8. The van der Waals surface area contributed by atoms with E-state index >= 15 is 0 Å². The highest BCUT2D eigenvalue weighted by Gasteiger charge is 2.45. The number of hydrogen-bond acceptors (Lipinski definition) is 7. The van der Waals surface area contributed by atoms with Crippen LogP contribution >= 0.6 is 39.1 Å². The fraction of sp³-hybridized carbons (Fsp3) is 0.529. The maximum absolute atomic E-state index is 11.9. The number of fused-ring (bicyclic) bond motifs is 1. The highest BCUT2D eigenvalue weighted by molar-refractivity contribution is 9.10. The minimum absolute atomic E-state index is 0.0925. The molecule has 0 spiro atoms. The van der Waals surface area contributed by atoms with Crippen molar-refractivity contribution in [3.63, 3.8) is 0 Å². The summed E-state index contributed by atoms with van der Waals surface area (Å²) in [5.74, 6) is -0.690. The minimum atomic E-state index is -1.29. The van der Waals surface area contributed by atoms with E-state index in [4.69, 9.17) is 38.4 Å². The Labute approximate surface area is 179 Å². The van der Waals surface area contributed by atoms with Crippen molar-refractivity contribution in [3.8, 4) is 0 Å². The first kappa shape index (κ1) is 21.8. The lowest BCUT2D eigenvalue weighted by Crippen LogP contribution is -2.40. The number of rotatable bonds is 5. The van der Waals surface area contributed by atoms with Gasteiger partial charge in [-0.3, -0.25) is 9.36 Å². The largest absolute Gasteiger partial charge is 0.462 e. The fourth-order valence-electron chi connectivity index (χ4n) is 2.92. The average molecular weight is 497 g/mol. The molecule has 1 aliphatic rings. The average Bonchev–Trinajstić information content (AvgIpc) is 3.09. The first-order valence-corrected chi connectivity index (χ1v) is 10.1. The number of halogens is 3. The minimum Gasteiger partial charge on any atom is -0.462 e. The Morgan fingerprint density at radius 3 is 2.64 bits per heavy atom. The predicted molar refractivity (Wildman–Crippen MR) is 107 cm³/mol. The number of carbonyl (C=O) groups excluding carboxylic acids is 1. The SMILES string of the molecule is CC(C)[C@H](N)C(=O)OCC1OC(n2c(Br)nc3cc(Cl)c(Cl)cc32)C(O)C1O. The van der Waals surface area contributed by atoms with Crippen LogP contribution in [-0.2, 0) is 14.3 Å². The number of imidazole rings is 1. The Hall–Kier alpha value is -0.940. The van der Waals surface area contributed by atoms with Crippen molar-refractivity contribution < 1.29 is 24.5 Å². The molecule has 1 aromatic carbocycles. The van der Waals surface area contributed by atoms with E-state index < -0.39 is 36.6 Å². The van der Waals surface area contributed by atoms with E-state index in [2.05, 4.69) is 20.9 Å². The van der Waals surface area contributed by atoms with E-state index in [0.29, 0.717) is 25.8 Å². The molecule has 11 heteroatoms. The van der Waals surface area contributed by atoms with Crippen LogP contribution in [0.1, 0.15) is 20.1 Å². The van der Waals surface area contributed by atoms with Gasteiger partial charge in [0.15, 0.2) is 11.0 Å².